The highest BCUT2D eigenvalue weighted by Gasteiger charge is 2.36. The van der Waals surface area contributed by atoms with Gasteiger partial charge in [0.15, 0.2) is 0 Å². The Balaban J connectivity index is 1.21. The smallest absolute Gasteiger partial charge is 0.0546 e. The summed E-state index contributed by atoms with van der Waals surface area (Å²) in [5.41, 5.74) is 15.9. The molecule has 9 aromatic carbocycles. The average Bonchev–Trinajstić information content (AvgIpc) is 3.46. The number of rotatable bonds is 6. The SMILES string of the molecule is CC1(C)c2ccccc2-c2ccc(N(c3ccc(-c4cccc5ccccc45)cc3)c3cc(-c4cccc5ccccc45)ccc3-c3ccccc3)cc21. The number of nitrogens with zero attached hydrogens (tertiary/aromatic N) is 1. The van der Waals surface area contributed by atoms with Gasteiger partial charge in [-0.3, -0.25) is 0 Å². The Morgan fingerprint density at radius 1 is 0.333 bits per heavy atom. The third-order valence-electron chi connectivity index (χ3n) is 11.5. The summed E-state index contributed by atoms with van der Waals surface area (Å²) in [6, 6.07) is 73.5. The molecule has 1 nitrogen and oxygen atoms in total. The Kier molecular flexibility index (Phi) is 7.56. The molecule has 0 unspecified atom stereocenters. The molecule has 9 aromatic rings. The molecule has 0 spiro atoms. The van der Waals surface area contributed by atoms with Gasteiger partial charge in [0.25, 0.3) is 0 Å². The van der Waals surface area contributed by atoms with Crippen molar-refractivity contribution in [1.82, 2.24) is 0 Å². The molecule has 0 amide bonds. The van der Waals surface area contributed by atoms with Gasteiger partial charge < -0.3 is 4.90 Å². The van der Waals surface area contributed by atoms with Crippen molar-refractivity contribution in [2.24, 2.45) is 0 Å². The second-order valence-electron chi connectivity index (χ2n) is 14.9. The van der Waals surface area contributed by atoms with E-state index in [4.69, 9.17) is 0 Å². The van der Waals surface area contributed by atoms with Crippen LogP contribution in [-0.2, 0) is 5.41 Å². The summed E-state index contributed by atoms with van der Waals surface area (Å²) in [6.07, 6.45) is 0. The van der Waals surface area contributed by atoms with Crippen LogP contribution in [0.4, 0.5) is 17.1 Å². The first kappa shape index (κ1) is 32.0. The molecule has 0 atom stereocenters. The summed E-state index contributed by atoms with van der Waals surface area (Å²) in [7, 11) is 0. The normalized spacial score (nSPS) is 12.8. The fourth-order valence-electron chi connectivity index (χ4n) is 8.75. The highest BCUT2D eigenvalue weighted by Crippen LogP contribution is 2.51. The van der Waals surface area contributed by atoms with Crippen molar-refractivity contribution in [3.8, 4) is 44.5 Å². The predicted octanol–water partition coefficient (Wildman–Crippen LogP) is 14.8. The van der Waals surface area contributed by atoms with Gasteiger partial charge in [0.2, 0.25) is 0 Å². The molecular weight excluding hydrogens is 651 g/mol. The van der Waals surface area contributed by atoms with Crippen molar-refractivity contribution in [3.63, 3.8) is 0 Å². The zero-order valence-corrected chi connectivity index (χ0v) is 30.5. The summed E-state index contributed by atoms with van der Waals surface area (Å²) in [4.78, 5) is 2.48. The lowest BCUT2D eigenvalue weighted by Crippen LogP contribution is -2.17. The van der Waals surface area contributed by atoms with Crippen LogP contribution in [-0.4, -0.2) is 0 Å². The molecule has 0 aliphatic heterocycles. The van der Waals surface area contributed by atoms with Crippen LogP contribution < -0.4 is 4.90 Å². The largest absolute Gasteiger partial charge is 0.310 e. The fraction of sp³-hybridized carbons (Fsp3) is 0.0566. The summed E-state index contributed by atoms with van der Waals surface area (Å²) in [5.74, 6) is 0. The Labute approximate surface area is 317 Å². The maximum atomic E-state index is 2.48. The second-order valence-corrected chi connectivity index (χ2v) is 14.9. The van der Waals surface area contributed by atoms with Crippen LogP contribution >= 0.6 is 0 Å². The number of hydrogen-bond acceptors (Lipinski definition) is 1. The van der Waals surface area contributed by atoms with Gasteiger partial charge in [-0.2, -0.15) is 0 Å². The maximum Gasteiger partial charge on any atom is 0.0546 e. The Bertz CT molecular complexity index is 2830. The lowest BCUT2D eigenvalue weighted by Gasteiger charge is -2.30. The van der Waals surface area contributed by atoms with Gasteiger partial charge in [-0.15, -0.1) is 0 Å². The fourth-order valence-corrected chi connectivity index (χ4v) is 8.75. The first-order chi connectivity index (χ1) is 26.5. The van der Waals surface area contributed by atoms with E-state index < -0.39 is 0 Å². The van der Waals surface area contributed by atoms with E-state index in [2.05, 4.69) is 219 Å². The molecule has 0 fully saturated rings. The van der Waals surface area contributed by atoms with Crippen LogP contribution in [0.15, 0.2) is 200 Å². The quantitative estimate of drug-likeness (QED) is 0.168. The van der Waals surface area contributed by atoms with Crippen molar-refractivity contribution in [3.05, 3.63) is 211 Å². The lowest BCUT2D eigenvalue weighted by molar-refractivity contribution is 0.660. The first-order valence-electron chi connectivity index (χ1n) is 18.8. The Morgan fingerprint density at radius 3 is 1.56 bits per heavy atom. The molecule has 54 heavy (non-hydrogen) atoms. The molecule has 0 N–H and O–H groups in total. The monoisotopic (exact) mass is 689 g/mol. The molecule has 0 radical (unpaired) electrons. The molecule has 1 heteroatoms. The van der Waals surface area contributed by atoms with Crippen molar-refractivity contribution in [2.45, 2.75) is 19.3 Å². The molecule has 256 valence electrons. The summed E-state index contributed by atoms with van der Waals surface area (Å²) < 4.78 is 0. The molecule has 0 heterocycles. The van der Waals surface area contributed by atoms with E-state index in [1.165, 1.54) is 77.2 Å². The van der Waals surface area contributed by atoms with Crippen molar-refractivity contribution >= 4 is 38.6 Å². The van der Waals surface area contributed by atoms with Gasteiger partial charge in [-0.25, -0.2) is 0 Å². The van der Waals surface area contributed by atoms with Crippen molar-refractivity contribution in [1.29, 1.82) is 0 Å². The number of anilines is 3. The van der Waals surface area contributed by atoms with E-state index in [9.17, 15) is 0 Å². The van der Waals surface area contributed by atoms with Gasteiger partial charge >= 0.3 is 0 Å². The molecular formula is C53H39N. The molecule has 0 aromatic heterocycles. The van der Waals surface area contributed by atoms with Crippen molar-refractivity contribution in [2.75, 3.05) is 4.90 Å². The molecule has 0 bridgehead atoms. The summed E-state index contributed by atoms with van der Waals surface area (Å²) >= 11 is 0. The minimum atomic E-state index is -0.126. The number of hydrogen-bond donors (Lipinski definition) is 0. The number of benzene rings is 9. The van der Waals surface area contributed by atoms with E-state index in [1.54, 1.807) is 0 Å². The van der Waals surface area contributed by atoms with E-state index >= 15 is 0 Å². The molecule has 10 rings (SSSR count). The third kappa shape index (κ3) is 5.24. The molecule has 1 aliphatic carbocycles. The van der Waals surface area contributed by atoms with E-state index in [0.29, 0.717) is 0 Å². The zero-order chi connectivity index (χ0) is 36.2. The second kappa shape index (κ2) is 12.8. The highest BCUT2D eigenvalue weighted by atomic mass is 15.1. The van der Waals surface area contributed by atoms with Gasteiger partial charge in [0, 0.05) is 22.4 Å². The van der Waals surface area contributed by atoms with Gasteiger partial charge in [-0.05, 0) is 102 Å². The lowest BCUT2D eigenvalue weighted by atomic mass is 9.82. The van der Waals surface area contributed by atoms with Gasteiger partial charge in [-0.1, -0.05) is 184 Å². The number of fused-ring (bicyclic) bond motifs is 5. The maximum absolute atomic E-state index is 2.48. The van der Waals surface area contributed by atoms with Crippen LogP contribution in [0.1, 0.15) is 25.0 Å². The van der Waals surface area contributed by atoms with Crippen LogP contribution in [0.5, 0.6) is 0 Å². The Hall–Kier alpha value is -6.70. The molecule has 1 aliphatic rings. The minimum Gasteiger partial charge on any atom is -0.310 e. The summed E-state index contributed by atoms with van der Waals surface area (Å²) in [6.45, 7) is 4.72. The van der Waals surface area contributed by atoms with E-state index in [-0.39, 0.29) is 5.41 Å². The molecule has 0 saturated heterocycles. The van der Waals surface area contributed by atoms with Crippen LogP contribution in [0.3, 0.4) is 0 Å². The zero-order valence-electron chi connectivity index (χ0n) is 30.5. The Morgan fingerprint density at radius 2 is 0.833 bits per heavy atom. The van der Waals surface area contributed by atoms with E-state index in [0.717, 1.165) is 17.1 Å². The van der Waals surface area contributed by atoms with Crippen LogP contribution in [0.25, 0.3) is 66.1 Å². The van der Waals surface area contributed by atoms with Crippen LogP contribution in [0.2, 0.25) is 0 Å². The van der Waals surface area contributed by atoms with E-state index in [1.807, 2.05) is 0 Å². The standard InChI is InChI=1S/C53H39N/c1-53(2)50-25-11-10-22-48(50)49-33-31-42(35-51(49)53)54(41-29-26-39(27-30-41)45-23-12-18-36-16-6-8-20-43(36)45)52-34-40(28-32-47(52)38-14-4-3-5-15-38)46-24-13-19-37-17-7-9-21-44(37)46/h3-35H,1-2H3. The van der Waals surface area contributed by atoms with Crippen LogP contribution in [0, 0.1) is 0 Å². The van der Waals surface area contributed by atoms with Crippen molar-refractivity contribution < 1.29 is 0 Å². The predicted molar refractivity (Wildman–Crippen MR) is 230 cm³/mol. The summed E-state index contributed by atoms with van der Waals surface area (Å²) in [5, 5.41) is 5.01. The highest BCUT2D eigenvalue weighted by molar-refractivity contribution is 6.00. The minimum absolute atomic E-state index is 0.126. The molecule has 0 saturated carbocycles. The van der Waals surface area contributed by atoms with Gasteiger partial charge in [0.1, 0.15) is 0 Å². The first-order valence-corrected chi connectivity index (χ1v) is 18.8. The van der Waals surface area contributed by atoms with Gasteiger partial charge in [0.05, 0.1) is 5.69 Å². The topological polar surface area (TPSA) is 3.24 Å². The average molecular weight is 690 g/mol. The third-order valence-corrected chi connectivity index (χ3v) is 11.5.